The Hall–Kier alpha value is -1.71. The summed E-state index contributed by atoms with van der Waals surface area (Å²) < 4.78 is 5.83. The molecule has 2 rings (SSSR count). The van der Waals surface area contributed by atoms with E-state index in [0.717, 1.165) is 36.4 Å². The molecule has 0 saturated carbocycles. The van der Waals surface area contributed by atoms with Crippen molar-refractivity contribution in [3.05, 3.63) is 29.3 Å². The highest BCUT2D eigenvalue weighted by Crippen LogP contribution is 2.22. The summed E-state index contributed by atoms with van der Waals surface area (Å²) in [5.41, 5.74) is 2.25. The van der Waals surface area contributed by atoms with Crippen LogP contribution in [-0.4, -0.2) is 36.7 Å². The van der Waals surface area contributed by atoms with E-state index in [9.17, 15) is 4.79 Å². The zero-order valence-corrected chi connectivity index (χ0v) is 11.9. The van der Waals surface area contributed by atoms with Crippen LogP contribution in [0.5, 0.6) is 5.75 Å². The number of nitrogens with one attached hydrogen (secondary N) is 1. The van der Waals surface area contributed by atoms with Crippen LogP contribution >= 0.6 is 0 Å². The van der Waals surface area contributed by atoms with E-state index in [1.807, 2.05) is 43.9 Å². The minimum atomic E-state index is 0.00658. The van der Waals surface area contributed by atoms with Gasteiger partial charge in [-0.3, -0.25) is 0 Å². The fourth-order valence-electron chi connectivity index (χ4n) is 2.10. The maximum atomic E-state index is 11.7. The molecule has 0 unspecified atom stereocenters. The van der Waals surface area contributed by atoms with Gasteiger partial charge in [-0.05, 0) is 38.3 Å². The van der Waals surface area contributed by atoms with Gasteiger partial charge in [0, 0.05) is 13.1 Å². The van der Waals surface area contributed by atoms with E-state index in [1.165, 1.54) is 0 Å². The van der Waals surface area contributed by atoms with E-state index in [1.54, 1.807) is 0 Å². The van der Waals surface area contributed by atoms with Gasteiger partial charge in [0.1, 0.15) is 12.4 Å². The molecule has 0 bridgehead atoms. The van der Waals surface area contributed by atoms with Gasteiger partial charge in [-0.25, -0.2) is 4.79 Å². The summed E-state index contributed by atoms with van der Waals surface area (Å²) in [7, 11) is 0. The van der Waals surface area contributed by atoms with Gasteiger partial charge in [-0.1, -0.05) is 18.2 Å². The maximum absolute atomic E-state index is 11.7. The van der Waals surface area contributed by atoms with Crippen LogP contribution in [0.15, 0.2) is 18.2 Å². The number of likely N-dealkylation sites (tertiary alicyclic amines) is 1. The highest BCUT2D eigenvalue weighted by Gasteiger charge is 2.21. The zero-order valence-electron chi connectivity index (χ0n) is 11.9. The van der Waals surface area contributed by atoms with Crippen molar-refractivity contribution in [3.63, 3.8) is 0 Å². The predicted molar refractivity (Wildman–Crippen MR) is 75.6 cm³/mol. The van der Waals surface area contributed by atoms with Gasteiger partial charge >= 0.3 is 6.03 Å². The van der Waals surface area contributed by atoms with Crippen LogP contribution in [0.3, 0.4) is 0 Å². The minimum Gasteiger partial charge on any atom is -0.491 e. The predicted octanol–water partition coefficient (Wildman–Crippen LogP) is 2.49. The number of urea groups is 1. The van der Waals surface area contributed by atoms with Crippen LogP contribution < -0.4 is 10.1 Å². The zero-order chi connectivity index (χ0) is 13.8. The number of rotatable bonds is 4. The Morgan fingerprint density at radius 3 is 2.53 bits per heavy atom. The van der Waals surface area contributed by atoms with Gasteiger partial charge in [-0.15, -0.1) is 0 Å². The Balaban J connectivity index is 1.82. The SMILES string of the molecule is Cc1cccc(C)c1OC[C@@H](C)NC(=O)N1CCC1. The second kappa shape index (κ2) is 5.95. The molecule has 4 nitrogen and oxygen atoms in total. The molecule has 1 aromatic carbocycles. The van der Waals surface area contributed by atoms with Crippen LogP contribution in [0, 0.1) is 13.8 Å². The summed E-state index contributed by atoms with van der Waals surface area (Å²) in [5.74, 6) is 0.924. The molecule has 2 amide bonds. The third kappa shape index (κ3) is 3.40. The molecule has 1 fully saturated rings. The first-order valence-electron chi connectivity index (χ1n) is 6.82. The van der Waals surface area contributed by atoms with Crippen LogP contribution in [-0.2, 0) is 0 Å². The van der Waals surface area contributed by atoms with E-state index >= 15 is 0 Å². The van der Waals surface area contributed by atoms with Crippen LogP contribution in [0.2, 0.25) is 0 Å². The number of carbonyl (C=O) groups is 1. The average molecular weight is 262 g/mol. The molecule has 104 valence electrons. The summed E-state index contributed by atoms with van der Waals surface area (Å²) in [4.78, 5) is 13.6. The Morgan fingerprint density at radius 2 is 2.00 bits per heavy atom. The maximum Gasteiger partial charge on any atom is 0.317 e. The Kier molecular flexibility index (Phi) is 4.30. The molecular formula is C15H22N2O2. The van der Waals surface area contributed by atoms with Crippen molar-refractivity contribution in [1.82, 2.24) is 10.2 Å². The number of benzene rings is 1. The largest absolute Gasteiger partial charge is 0.491 e. The standard InChI is InChI=1S/C15H22N2O2/c1-11-6-4-7-12(2)14(11)19-10-13(3)16-15(18)17-8-5-9-17/h4,6-7,13H,5,8-10H2,1-3H3,(H,16,18)/t13-/m1/s1. The molecule has 4 heteroatoms. The Labute approximate surface area is 114 Å². The average Bonchev–Trinajstić information content (AvgIpc) is 2.25. The van der Waals surface area contributed by atoms with Gasteiger partial charge < -0.3 is 15.0 Å². The van der Waals surface area contributed by atoms with Crippen LogP contribution in [0.1, 0.15) is 24.5 Å². The normalized spacial score (nSPS) is 15.6. The highest BCUT2D eigenvalue weighted by molar-refractivity contribution is 5.75. The van der Waals surface area contributed by atoms with Crippen molar-refractivity contribution in [2.45, 2.75) is 33.2 Å². The van der Waals surface area contributed by atoms with Crippen molar-refractivity contribution in [2.75, 3.05) is 19.7 Å². The van der Waals surface area contributed by atoms with E-state index in [2.05, 4.69) is 5.32 Å². The second-order valence-electron chi connectivity index (χ2n) is 5.22. The Morgan fingerprint density at radius 1 is 1.37 bits per heavy atom. The summed E-state index contributed by atoms with van der Waals surface area (Å²) >= 11 is 0. The van der Waals surface area contributed by atoms with Crippen LogP contribution in [0.4, 0.5) is 4.79 Å². The lowest BCUT2D eigenvalue weighted by atomic mass is 10.1. The van der Waals surface area contributed by atoms with E-state index in [4.69, 9.17) is 4.74 Å². The summed E-state index contributed by atoms with van der Waals surface area (Å²) in [6.07, 6.45) is 1.11. The molecule has 1 aliphatic heterocycles. The molecule has 1 N–H and O–H groups in total. The topological polar surface area (TPSA) is 41.6 Å². The molecule has 19 heavy (non-hydrogen) atoms. The van der Waals surface area contributed by atoms with Gasteiger partial charge in [0.15, 0.2) is 0 Å². The van der Waals surface area contributed by atoms with E-state index < -0.39 is 0 Å². The fourth-order valence-corrected chi connectivity index (χ4v) is 2.10. The molecule has 1 atom stereocenters. The fraction of sp³-hybridized carbons (Fsp3) is 0.533. The molecule has 1 aliphatic rings. The molecule has 0 aromatic heterocycles. The smallest absolute Gasteiger partial charge is 0.317 e. The van der Waals surface area contributed by atoms with Crippen molar-refractivity contribution < 1.29 is 9.53 Å². The first kappa shape index (κ1) is 13.7. The van der Waals surface area contributed by atoms with Gasteiger partial charge in [0.2, 0.25) is 0 Å². The van der Waals surface area contributed by atoms with Gasteiger partial charge in [-0.2, -0.15) is 0 Å². The summed E-state index contributed by atoms with van der Waals surface area (Å²) in [6, 6.07) is 6.11. The first-order chi connectivity index (χ1) is 9.08. The number of amides is 2. The lowest BCUT2D eigenvalue weighted by Crippen LogP contribution is -2.51. The number of carbonyl (C=O) groups excluding carboxylic acids is 1. The molecule has 0 radical (unpaired) electrons. The molecule has 1 saturated heterocycles. The molecule has 1 aromatic rings. The third-order valence-corrected chi connectivity index (χ3v) is 3.40. The molecule has 1 heterocycles. The monoisotopic (exact) mass is 262 g/mol. The number of hydrogen-bond acceptors (Lipinski definition) is 2. The first-order valence-corrected chi connectivity index (χ1v) is 6.82. The van der Waals surface area contributed by atoms with Crippen molar-refractivity contribution in [1.29, 1.82) is 0 Å². The quantitative estimate of drug-likeness (QED) is 0.905. The summed E-state index contributed by atoms with van der Waals surface area (Å²) in [6.45, 7) is 8.26. The minimum absolute atomic E-state index is 0.00658. The second-order valence-corrected chi connectivity index (χ2v) is 5.22. The molecular weight excluding hydrogens is 240 g/mol. The number of hydrogen-bond donors (Lipinski definition) is 1. The van der Waals surface area contributed by atoms with E-state index in [-0.39, 0.29) is 12.1 Å². The molecule has 0 aliphatic carbocycles. The van der Waals surface area contributed by atoms with E-state index in [0.29, 0.717) is 6.61 Å². The van der Waals surface area contributed by atoms with Crippen molar-refractivity contribution in [3.8, 4) is 5.75 Å². The summed E-state index contributed by atoms with van der Waals surface area (Å²) in [5, 5.41) is 2.95. The lowest BCUT2D eigenvalue weighted by molar-refractivity contribution is 0.159. The lowest BCUT2D eigenvalue weighted by Gasteiger charge is -2.32. The number of ether oxygens (including phenoxy) is 1. The van der Waals surface area contributed by atoms with Crippen LogP contribution in [0.25, 0.3) is 0 Å². The van der Waals surface area contributed by atoms with Gasteiger partial charge in [0.25, 0.3) is 0 Å². The number of nitrogens with zero attached hydrogens (tertiary/aromatic N) is 1. The molecule has 0 spiro atoms. The van der Waals surface area contributed by atoms with Gasteiger partial charge in [0.05, 0.1) is 6.04 Å². The Bertz CT molecular complexity index is 435. The van der Waals surface area contributed by atoms with Crippen molar-refractivity contribution in [2.24, 2.45) is 0 Å². The number of para-hydroxylation sites is 1. The number of aryl methyl sites for hydroxylation is 2. The van der Waals surface area contributed by atoms with Crippen molar-refractivity contribution >= 4 is 6.03 Å². The third-order valence-electron chi connectivity index (χ3n) is 3.40. The highest BCUT2D eigenvalue weighted by atomic mass is 16.5.